The minimum absolute atomic E-state index is 0.0802. The lowest BCUT2D eigenvalue weighted by molar-refractivity contribution is 0.102. The van der Waals surface area contributed by atoms with Crippen LogP contribution in [0.15, 0.2) is 57.1 Å². The van der Waals surface area contributed by atoms with Gasteiger partial charge in [0.1, 0.15) is 10.7 Å². The lowest BCUT2D eigenvalue weighted by Crippen LogP contribution is -2.35. The maximum Gasteiger partial charge on any atom is 0.286 e. The van der Waals surface area contributed by atoms with Gasteiger partial charge in [-0.05, 0) is 43.0 Å². The molecule has 3 aromatic rings. The molecule has 1 amide bonds. The fraction of sp³-hybridized carbons (Fsp3) is 0.292. The van der Waals surface area contributed by atoms with Crippen LogP contribution in [0.5, 0.6) is 0 Å². The molecule has 1 aromatic heterocycles. The zero-order valence-electron chi connectivity index (χ0n) is 18.2. The molecule has 1 saturated heterocycles. The highest BCUT2D eigenvalue weighted by molar-refractivity contribution is 7.90. The van der Waals surface area contributed by atoms with Gasteiger partial charge in [-0.15, -0.1) is 15.7 Å². The van der Waals surface area contributed by atoms with Gasteiger partial charge in [-0.25, -0.2) is 4.98 Å². The van der Waals surface area contributed by atoms with Crippen LogP contribution in [-0.4, -0.2) is 31.7 Å². The SMILES string of the molecule is CCc1ccc(-c2csc(NC(=O)c3ccc4c(c3)S(=O)(=O)N=C3CCCCCN34)n2)cc1. The van der Waals surface area contributed by atoms with Crippen LogP contribution in [0, 0.1) is 0 Å². The minimum atomic E-state index is -3.84. The Kier molecular flexibility index (Phi) is 5.76. The number of aromatic nitrogens is 1. The van der Waals surface area contributed by atoms with Crippen LogP contribution in [0.3, 0.4) is 0 Å². The summed E-state index contributed by atoms with van der Waals surface area (Å²) in [6.07, 6.45) is 4.57. The predicted molar refractivity (Wildman–Crippen MR) is 132 cm³/mol. The molecule has 33 heavy (non-hydrogen) atoms. The minimum Gasteiger partial charge on any atom is -0.328 e. The first-order chi connectivity index (χ1) is 15.9. The van der Waals surface area contributed by atoms with E-state index in [9.17, 15) is 13.2 Å². The Morgan fingerprint density at radius 2 is 1.94 bits per heavy atom. The molecule has 9 heteroatoms. The van der Waals surface area contributed by atoms with Gasteiger partial charge in [-0.2, -0.15) is 8.42 Å². The van der Waals surface area contributed by atoms with Crippen molar-refractivity contribution in [1.29, 1.82) is 0 Å². The molecule has 0 saturated carbocycles. The molecular weight excluding hydrogens is 456 g/mol. The number of carbonyl (C=O) groups is 1. The van der Waals surface area contributed by atoms with E-state index in [2.05, 4.69) is 33.8 Å². The van der Waals surface area contributed by atoms with Gasteiger partial charge in [0.15, 0.2) is 5.13 Å². The monoisotopic (exact) mass is 480 g/mol. The summed E-state index contributed by atoms with van der Waals surface area (Å²) >= 11 is 1.33. The van der Waals surface area contributed by atoms with Gasteiger partial charge in [-0.3, -0.25) is 10.1 Å². The Labute approximate surface area is 197 Å². The maximum atomic E-state index is 12.9. The van der Waals surface area contributed by atoms with Gasteiger partial charge in [0.05, 0.1) is 11.4 Å². The molecule has 1 fully saturated rings. The number of fused-ring (bicyclic) bond motifs is 3. The van der Waals surface area contributed by atoms with Gasteiger partial charge in [0.2, 0.25) is 0 Å². The number of nitrogens with zero attached hydrogens (tertiary/aromatic N) is 3. The standard InChI is InChI=1S/C24H24N4O3S2/c1-2-16-7-9-17(10-8-16)19-15-32-24(25-19)26-23(29)18-11-12-20-21(14-18)33(30,31)27-22-6-4-3-5-13-28(20)22/h7-12,14-15H,2-6,13H2,1H3,(H,25,26,29). The molecule has 2 aromatic carbocycles. The van der Waals surface area contributed by atoms with Gasteiger partial charge in [0, 0.05) is 29.5 Å². The molecule has 0 spiro atoms. The van der Waals surface area contributed by atoms with E-state index >= 15 is 0 Å². The number of aryl methyl sites for hydroxylation is 1. The fourth-order valence-corrected chi connectivity index (χ4v) is 6.16. The summed E-state index contributed by atoms with van der Waals surface area (Å²) in [7, 11) is -3.84. The Balaban J connectivity index is 1.38. The summed E-state index contributed by atoms with van der Waals surface area (Å²) in [5, 5.41) is 5.15. The summed E-state index contributed by atoms with van der Waals surface area (Å²) in [5.74, 6) is 0.195. The van der Waals surface area contributed by atoms with E-state index in [0.29, 0.717) is 23.1 Å². The van der Waals surface area contributed by atoms with E-state index in [-0.39, 0.29) is 10.5 Å². The van der Waals surface area contributed by atoms with Crippen molar-refractivity contribution in [3.63, 3.8) is 0 Å². The number of thiazole rings is 1. The Bertz CT molecular complexity index is 1340. The number of anilines is 2. The Hall–Kier alpha value is -3.04. The first-order valence-electron chi connectivity index (χ1n) is 11.1. The summed E-state index contributed by atoms with van der Waals surface area (Å²) in [6.45, 7) is 2.84. The molecule has 2 aliphatic heterocycles. The highest BCUT2D eigenvalue weighted by atomic mass is 32.2. The van der Waals surface area contributed by atoms with E-state index in [4.69, 9.17) is 0 Å². The number of nitrogens with one attached hydrogen (secondary N) is 1. The quantitative estimate of drug-likeness (QED) is 0.561. The smallest absolute Gasteiger partial charge is 0.286 e. The second kappa shape index (κ2) is 8.72. The third-order valence-corrected chi connectivity index (χ3v) is 8.08. The number of benzene rings is 2. The maximum absolute atomic E-state index is 12.9. The summed E-state index contributed by atoms with van der Waals surface area (Å²) in [5.41, 5.74) is 3.88. The average molecular weight is 481 g/mol. The lowest BCUT2D eigenvalue weighted by Gasteiger charge is -2.29. The van der Waals surface area contributed by atoms with E-state index in [1.165, 1.54) is 23.0 Å². The molecule has 0 bridgehead atoms. The predicted octanol–water partition coefficient (Wildman–Crippen LogP) is 5.11. The zero-order chi connectivity index (χ0) is 23.0. The molecule has 2 aliphatic rings. The zero-order valence-corrected chi connectivity index (χ0v) is 19.9. The molecule has 0 unspecified atom stereocenters. The van der Waals surface area contributed by atoms with E-state index < -0.39 is 15.9 Å². The van der Waals surface area contributed by atoms with Crippen LogP contribution < -0.4 is 10.2 Å². The molecule has 7 nitrogen and oxygen atoms in total. The van der Waals surface area contributed by atoms with Gasteiger partial charge < -0.3 is 4.90 Å². The van der Waals surface area contributed by atoms with Crippen LogP contribution in [0.25, 0.3) is 11.3 Å². The molecule has 0 aliphatic carbocycles. The van der Waals surface area contributed by atoms with E-state index in [0.717, 1.165) is 43.5 Å². The molecule has 5 rings (SSSR count). The van der Waals surface area contributed by atoms with Crippen molar-refractivity contribution in [2.24, 2.45) is 4.40 Å². The Morgan fingerprint density at radius 3 is 2.73 bits per heavy atom. The second-order valence-corrected chi connectivity index (χ2v) is 10.6. The van der Waals surface area contributed by atoms with Crippen molar-refractivity contribution in [2.45, 2.75) is 43.9 Å². The number of amidine groups is 1. The molecular formula is C24H24N4O3S2. The summed E-state index contributed by atoms with van der Waals surface area (Å²) < 4.78 is 29.7. The van der Waals surface area contributed by atoms with E-state index in [1.54, 1.807) is 12.1 Å². The van der Waals surface area contributed by atoms with E-state index in [1.807, 2.05) is 22.4 Å². The van der Waals surface area contributed by atoms with Crippen LogP contribution in [0.2, 0.25) is 0 Å². The number of sulfonamides is 1. The van der Waals surface area contributed by atoms with Crippen molar-refractivity contribution in [3.8, 4) is 11.3 Å². The van der Waals surface area contributed by atoms with Crippen LogP contribution in [0.4, 0.5) is 10.8 Å². The fourth-order valence-electron chi connectivity index (χ4n) is 4.17. The number of hydrogen-bond donors (Lipinski definition) is 1. The average Bonchev–Trinajstić information content (AvgIpc) is 3.16. The third-order valence-electron chi connectivity index (χ3n) is 5.99. The number of rotatable bonds is 4. The molecule has 3 heterocycles. The van der Waals surface area contributed by atoms with Gasteiger partial charge in [0.25, 0.3) is 15.9 Å². The highest BCUT2D eigenvalue weighted by Gasteiger charge is 2.32. The van der Waals surface area contributed by atoms with Crippen LogP contribution in [-0.2, 0) is 16.4 Å². The van der Waals surface area contributed by atoms with Crippen molar-refractivity contribution in [3.05, 3.63) is 59.0 Å². The largest absolute Gasteiger partial charge is 0.328 e. The number of amides is 1. The molecule has 0 atom stereocenters. The molecule has 170 valence electrons. The summed E-state index contributed by atoms with van der Waals surface area (Å²) in [6, 6.07) is 13.0. The van der Waals surface area contributed by atoms with Crippen molar-refractivity contribution in [1.82, 2.24) is 4.98 Å². The second-order valence-electron chi connectivity index (χ2n) is 8.17. The Morgan fingerprint density at radius 1 is 1.12 bits per heavy atom. The van der Waals surface area contributed by atoms with Crippen molar-refractivity contribution >= 4 is 43.9 Å². The summed E-state index contributed by atoms with van der Waals surface area (Å²) in [4.78, 5) is 19.5. The van der Waals surface area contributed by atoms with Crippen LogP contribution in [0.1, 0.15) is 48.5 Å². The van der Waals surface area contributed by atoms with Crippen molar-refractivity contribution < 1.29 is 13.2 Å². The molecule has 0 radical (unpaired) electrons. The highest BCUT2D eigenvalue weighted by Crippen LogP contribution is 2.35. The van der Waals surface area contributed by atoms with Gasteiger partial charge in [-0.1, -0.05) is 37.6 Å². The number of hydrogen-bond acceptors (Lipinski definition) is 6. The van der Waals surface area contributed by atoms with Gasteiger partial charge >= 0.3 is 0 Å². The normalized spacial score (nSPS) is 16.9. The van der Waals surface area contributed by atoms with Crippen molar-refractivity contribution in [2.75, 3.05) is 16.8 Å². The molecule has 1 N–H and O–H groups in total. The third kappa shape index (κ3) is 4.30. The first-order valence-corrected chi connectivity index (χ1v) is 13.4. The topological polar surface area (TPSA) is 91.7 Å². The first kappa shape index (κ1) is 21.8. The van der Waals surface area contributed by atoms with Crippen LogP contribution >= 0.6 is 11.3 Å². The lowest BCUT2D eigenvalue weighted by atomic mass is 10.1. The number of carbonyl (C=O) groups excluding carboxylic acids is 1.